The van der Waals surface area contributed by atoms with Crippen molar-refractivity contribution in [1.29, 1.82) is 0 Å². The molecule has 3 aromatic carbocycles. The topological polar surface area (TPSA) is 14.2 Å². The van der Waals surface area contributed by atoms with E-state index in [-0.39, 0.29) is 0 Å². The molecule has 0 spiro atoms. The molecule has 1 aromatic heterocycles. The second kappa shape index (κ2) is 6.86. The van der Waals surface area contributed by atoms with Gasteiger partial charge in [-0.1, -0.05) is 60.2 Å². The van der Waals surface area contributed by atoms with Crippen LogP contribution in [0, 0.1) is 6.92 Å². The summed E-state index contributed by atoms with van der Waals surface area (Å²) < 4.78 is 8.23. The van der Waals surface area contributed by atoms with E-state index < -0.39 is 0 Å². The Labute approximate surface area is 148 Å². The number of ether oxygens (including phenoxy) is 1. The molecule has 124 valence electrons. The van der Waals surface area contributed by atoms with Gasteiger partial charge in [0.05, 0.1) is 0 Å². The van der Waals surface area contributed by atoms with Crippen molar-refractivity contribution in [2.24, 2.45) is 0 Å². The van der Waals surface area contributed by atoms with E-state index in [0.29, 0.717) is 6.61 Å². The Kier molecular flexibility index (Phi) is 4.26. The maximum absolute atomic E-state index is 5.96. The van der Waals surface area contributed by atoms with Crippen LogP contribution >= 0.6 is 0 Å². The third-order valence-electron chi connectivity index (χ3n) is 4.46. The normalized spacial score (nSPS) is 10.9. The Morgan fingerprint density at radius 3 is 2.40 bits per heavy atom. The van der Waals surface area contributed by atoms with Gasteiger partial charge in [0.1, 0.15) is 12.4 Å². The molecule has 0 amide bonds. The molecule has 0 radical (unpaired) electrons. The second-order valence-electron chi connectivity index (χ2n) is 6.42. The lowest BCUT2D eigenvalue weighted by Crippen LogP contribution is -1.98. The van der Waals surface area contributed by atoms with Gasteiger partial charge in [0.2, 0.25) is 0 Å². The van der Waals surface area contributed by atoms with E-state index in [9.17, 15) is 0 Å². The van der Waals surface area contributed by atoms with Gasteiger partial charge in [0.25, 0.3) is 0 Å². The summed E-state index contributed by atoms with van der Waals surface area (Å²) in [4.78, 5) is 0. The van der Waals surface area contributed by atoms with Crippen LogP contribution in [-0.4, -0.2) is 4.57 Å². The van der Waals surface area contributed by atoms with Gasteiger partial charge in [-0.05, 0) is 42.3 Å². The van der Waals surface area contributed by atoms with Gasteiger partial charge in [-0.25, -0.2) is 0 Å². The van der Waals surface area contributed by atoms with Gasteiger partial charge in [-0.2, -0.15) is 0 Å². The van der Waals surface area contributed by atoms with Gasteiger partial charge in [-0.15, -0.1) is 0 Å². The molecule has 1 heterocycles. The summed E-state index contributed by atoms with van der Waals surface area (Å²) in [6.45, 7) is 3.57. The average molecular weight is 327 g/mol. The van der Waals surface area contributed by atoms with E-state index in [1.165, 1.54) is 27.6 Å². The molecule has 0 fully saturated rings. The van der Waals surface area contributed by atoms with Crippen molar-refractivity contribution in [3.63, 3.8) is 0 Å². The summed E-state index contributed by atoms with van der Waals surface area (Å²) in [5.74, 6) is 0.908. The Balaban J connectivity index is 1.50. The van der Waals surface area contributed by atoms with Crippen LogP contribution in [0.5, 0.6) is 5.75 Å². The number of benzene rings is 3. The molecule has 2 heteroatoms. The van der Waals surface area contributed by atoms with Crippen LogP contribution in [0.2, 0.25) is 0 Å². The average Bonchev–Trinajstić information content (AvgIpc) is 3.04. The fourth-order valence-electron chi connectivity index (χ4n) is 3.04. The summed E-state index contributed by atoms with van der Waals surface area (Å²) in [6, 6.07) is 27.5. The van der Waals surface area contributed by atoms with Crippen molar-refractivity contribution in [3.8, 4) is 5.75 Å². The van der Waals surface area contributed by atoms with Crippen LogP contribution in [0.25, 0.3) is 10.9 Å². The maximum Gasteiger partial charge on any atom is 0.120 e. The predicted molar refractivity (Wildman–Crippen MR) is 103 cm³/mol. The molecule has 0 aliphatic heterocycles. The highest BCUT2D eigenvalue weighted by Crippen LogP contribution is 2.23. The van der Waals surface area contributed by atoms with E-state index in [1.807, 2.05) is 0 Å². The fraction of sp³-hybridized carbons (Fsp3) is 0.130. The van der Waals surface area contributed by atoms with Crippen molar-refractivity contribution >= 4 is 10.9 Å². The number of hydrogen-bond donors (Lipinski definition) is 0. The summed E-state index contributed by atoms with van der Waals surface area (Å²) in [5, 5.41) is 1.21. The van der Waals surface area contributed by atoms with Crippen LogP contribution < -0.4 is 4.74 Å². The van der Waals surface area contributed by atoms with Gasteiger partial charge in [0, 0.05) is 23.6 Å². The molecule has 0 N–H and O–H groups in total. The molecular formula is C23H21NO. The number of aryl methyl sites for hydroxylation is 1. The molecule has 2 nitrogen and oxygen atoms in total. The van der Waals surface area contributed by atoms with Crippen LogP contribution in [0.3, 0.4) is 0 Å². The Morgan fingerprint density at radius 1 is 0.800 bits per heavy atom. The number of aromatic nitrogens is 1. The number of fused-ring (bicyclic) bond motifs is 1. The van der Waals surface area contributed by atoms with E-state index in [1.54, 1.807) is 0 Å². The standard InChI is InChI=1S/C23H21NO/c1-18-7-9-20(10-8-18)17-25-22-11-12-23-21(15-22)13-14-24(23)16-19-5-3-2-4-6-19/h2-15H,16-17H2,1H3. The van der Waals surface area contributed by atoms with Crippen molar-refractivity contribution < 1.29 is 4.74 Å². The molecule has 0 unspecified atom stereocenters. The van der Waals surface area contributed by atoms with Crippen LogP contribution in [-0.2, 0) is 13.2 Å². The third-order valence-corrected chi connectivity index (χ3v) is 4.46. The zero-order chi connectivity index (χ0) is 17.1. The largest absolute Gasteiger partial charge is 0.489 e. The van der Waals surface area contributed by atoms with Crippen molar-refractivity contribution in [3.05, 3.63) is 102 Å². The Hall–Kier alpha value is -3.00. The summed E-state index contributed by atoms with van der Waals surface area (Å²) in [5.41, 5.74) is 4.99. The second-order valence-corrected chi connectivity index (χ2v) is 6.42. The first-order valence-corrected chi connectivity index (χ1v) is 8.59. The highest BCUT2D eigenvalue weighted by atomic mass is 16.5. The van der Waals surface area contributed by atoms with E-state index in [4.69, 9.17) is 4.74 Å². The molecular weight excluding hydrogens is 306 g/mol. The lowest BCUT2D eigenvalue weighted by Gasteiger charge is -2.09. The van der Waals surface area contributed by atoms with Gasteiger partial charge < -0.3 is 9.30 Å². The molecule has 25 heavy (non-hydrogen) atoms. The fourth-order valence-corrected chi connectivity index (χ4v) is 3.04. The molecule has 0 saturated carbocycles. The van der Waals surface area contributed by atoms with E-state index >= 15 is 0 Å². The van der Waals surface area contributed by atoms with Crippen molar-refractivity contribution in [1.82, 2.24) is 4.57 Å². The first-order chi connectivity index (χ1) is 12.3. The number of nitrogens with zero attached hydrogens (tertiary/aromatic N) is 1. The summed E-state index contributed by atoms with van der Waals surface area (Å²) >= 11 is 0. The molecule has 0 atom stereocenters. The minimum atomic E-state index is 0.594. The molecule has 0 aliphatic rings. The van der Waals surface area contributed by atoms with E-state index in [0.717, 1.165) is 12.3 Å². The molecule has 4 rings (SSSR count). The van der Waals surface area contributed by atoms with Crippen LogP contribution in [0.4, 0.5) is 0 Å². The van der Waals surface area contributed by atoms with E-state index in [2.05, 4.69) is 96.6 Å². The van der Waals surface area contributed by atoms with Gasteiger partial charge in [0.15, 0.2) is 0 Å². The smallest absolute Gasteiger partial charge is 0.120 e. The Bertz CT molecular complexity index is 968. The van der Waals surface area contributed by atoms with Crippen molar-refractivity contribution in [2.75, 3.05) is 0 Å². The first kappa shape index (κ1) is 15.5. The van der Waals surface area contributed by atoms with Crippen LogP contribution in [0.1, 0.15) is 16.7 Å². The van der Waals surface area contributed by atoms with Crippen molar-refractivity contribution in [2.45, 2.75) is 20.1 Å². The molecule has 0 saturated heterocycles. The first-order valence-electron chi connectivity index (χ1n) is 8.59. The molecule has 0 aliphatic carbocycles. The Morgan fingerprint density at radius 2 is 1.60 bits per heavy atom. The summed E-state index contributed by atoms with van der Waals surface area (Å²) in [6.07, 6.45) is 2.14. The molecule has 0 bridgehead atoms. The maximum atomic E-state index is 5.96. The van der Waals surface area contributed by atoms with Gasteiger partial charge >= 0.3 is 0 Å². The zero-order valence-electron chi connectivity index (χ0n) is 14.4. The predicted octanol–water partition coefficient (Wildman–Crippen LogP) is 5.58. The lowest BCUT2D eigenvalue weighted by molar-refractivity contribution is 0.306. The number of hydrogen-bond acceptors (Lipinski definition) is 1. The van der Waals surface area contributed by atoms with Gasteiger partial charge in [-0.3, -0.25) is 0 Å². The quantitative estimate of drug-likeness (QED) is 0.467. The zero-order valence-corrected chi connectivity index (χ0v) is 14.4. The minimum Gasteiger partial charge on any atom is -0.489 e. The lowest BCUT2D eigenvalue weighted by atomic mass is 10.2. The minimum absolute atomic E-state index is 0.594. The van der Waals surface area contributed by atoms with Crippen LogP contribution in [0.15, 0.2) is 85.1 Å². The highest BCUT2D eigenvalue weighted by molar-refractivity contribution is 5.81. The monoisotopic (exact) mass is 327 g/mol. The highest BCUT2D eigenvalue weighted by Gasteiger charge is 2.04. The number of rotatable bonds is 5. The summed E-state index contributed by atoms with van der Waals surface area (Å²) in [7, 11) is 0. The molecule has 4 aromatic rings. The SMILES string of the molecule is Cc1ccc(COc2ccc3c(ccn3Cc3ccccc3)c2)cc1. The third kappa shape index (κ3) is 3.58.